The number of carboxylic acids is 1. The molecule has 0 radical (unpaired) electrons. The highest BCUT2D eigenvalue weighted by Crippen LogP contribution is 2.24. The molecule has 1 aliphatic heterocycles. The Morgan fingerprint density at radius 1 is 1.45 bits per heavy atom. The van der Waals surface area contributed by atoms with E-state index in [0.29, 0.717) is 0 Å². The van der Waals surface area contributed by atoms with Crippen molar-refractivity contribution in [1.29, 1.82) is 0 Å². The van der Waals surface area contributed by atoms with Crippen LogP contribution in [0.2, 0.25) is 0 Å². The molecule has 6 nitrogen and oxygen atoms in total. The summed E-state index contributed by atoms with van der Waals surface area (Å²) in [7, 11) is 1.27. The summed E-state index contributed by atoms with van der Waals surface area (Å²) in [6.07, 6.45) is -0.887. The van der Waals surface area contributed by atoms with Gasteiger partial charge in [-0.2, -0.15) is 0 Å². The minimum absolute atomic E-state index is 0.0145. The van der Waals surface area contributed by atoms with Gasteiger partial charge in [0, 0.05) is 18.5 Å². The summed E-state index contributed by atoms with van der Waals surface area (Å²) >= 11 is 0. The van der Waals surface area contributed by atoms with Gasteiger partial charge < -0.3 is 19.8 Å². The smallest absolute Gasteiger partial charge is 0.326 e. The highest BCUT2D eigenvalue weighted by atomic mass is 19.1. The maximum Gasteiger partial charge on any atom is 0.326 e. The van der Waals surface area contributed by atoms with Crippen LogP contribution < -0.4 is 4.74 Å². The predicted octanol–water partition coefficient (Wildman–Crippen LogP) is 0.494. The standard InChI is InChI=1S/C13H14FNO5/c1-20-11-4-7(2-3-9(11)14)12(17)15-6-8(16)5-10(15)13(18)19/h2-4,8,10,16H,5-6H2,1H3,(H,18,19). The van der Waals surface area contributed by atoms with Gasteiger partial charge in [-0.25, -0.2) is 9.18 Å². The molecule has 20 heavy (non-hydrogen) atoms. The maximum atomic E-state index is 13.3. The molecule has 7 heteroatoms. The second-order valence-corrected chi connectivity index (χ2v) is 4.55. The van der Waals surface area contributed by atoms with Crippen molar-refractivity contribution in [3.63, 3.8) is 0 Å². The largest absolute Gasteiger partial charge is 0.494 e. The van der Waals surface area contributed by atoms with Gasteiger partial charge in [0.1, 0.15) is 6.04 Å². The fraction of sp³-hybridized carbons (Fsp3) is 0.385. The summed E-state index contributed by atoms with van der Waals surface area (Å²) in [5, 5.41) is 18.6. The van der Waals surface area contributed by atoms with Crippen molar-refractivity contribution in [3.05, 3.63) is 29.6 Å². The molecule has 108 valence electrons. The molecule has 1 amide bonds. The summed E-state index contributed by atoms with van der Waals surface area (Å²) in [4.78, 5) is 24.4. The summed E-state index contributed by atoms with van der Waals surface area (Å²) in [6, 6.07) is 2.47. The number of ether oxygens (including phenoxy) is 1. The van der Waals surface area contributed by atoms with Crippen molar-refractivity contribution in [1.82, 2.24) is 4.90 Å². The number of hydrogen-bond donors (Lipinski definition) is 2. The van der Waals surface area contributed by atoms with E-state index < -0.39 is 29.8 Å². The van der Waals surface area contributed by atoms with Crippen LogP contribution in [0.4, 0.5) is 4.39 Å². The lowest BCUT2D eigenvalue weighted by molar-refractivity contribution is -0.141. The molecule has 2 N–H and O–H groups in total. The topological polar surface area (TPSA) is 87.1 Å². The van der Waals surface area contributed by atoms with Crippen LogP contribution in [0.25, 0.3) is 0 Å². The molecule has 1 saturated heterocycles. The monoisotopic (exact) mass is 283 g/mol. The normalized spacial score (nSPS) is 21.9. The molecular formula is C13H14FNO5. The highest BCUT2D eigenvalue weighted by molar-refractivity contribution is 5.97. The minimum Gasteiger partial charge on any atom is -0.494 e. The van der Waals surface area contributed by atoms with Crippen LogP contribution in [-0.4, -0.2) is 52.8 Å². The number of carbonyl (C=O) groups excluding carboxylic acids is 1. The molecule has 1 aliphatic rings. The molecule has 0 bridgehead atoms. The lowest BCUT2D eigenvalue weighted by Crippen LogP contribution is -2.40. The summed E-state index contributed by atoms with van der Waals surface area (Å²) in [5.74, 6) is -2.46. The average molecular weight is 283 g/mol. The quantitative estimate of drug-likeness (QED) is 0.843. The van der Waals surface area contributed by atoms with Crippen molar-refractivity contribution < 1.29 is 28.9 Å². The van der Waals surface area contributed by atoms with Gasteiger partial charge in [-0.3, -0.25) is 4.79 Å². The molecule has 1 aromatic rings. The number of β-amino-alcohol motifs (C(OH)–C–C–N with tert-alkyl or cyclic N) is 1. The van der Waals surface area contributed by atoms with Crippen LogP contribution in [0.5, 0.6) is 5.75 Å². The van der Waals surface area contributed by atoms with Gasteiger partial charge in [-0.05, 0) is 18.2 Å². The Morgan fingerprint density at radius 2 is 2.15 bits per heavy atom. The lowest BCUT2D eigenvalue weighted by atomic mass is 10.1. The number of methoxy groups -OCH3 is 1. The van der Waals surface area contributed by atoms with Gasteiger partial charge in [0.2, 0.25) is 0 Å². The van der Waals surface area contributed by atoms with E-state index in [-0.39, 0.29) is 24.3 Å². The number of rotatable bonds is 3. The van der Waals surface area contributed by atoms with E-state index in [1.54, 1.807) is 0 Å². The van der Waals surface area contributed by atoms with Crippen LogP contribution in [0.15, 0.2) is 18.2 Å². The highest BCUT2D eigenvalue weighted by Gasteiger charge is 2.39. The number of nitrogens with zero attached hydrogens (tertiary/aromatic N) is 1. The molecular weight excluding hydrogens is 269 g/mol. The van der Waals surface area contributed by atoms with Crippen LogP contribution in [-0.2, 0) is 4.79 Å². The molecule has 0 aliphatic carbocycles. The molecule has 2 rings (SSSR count). The van der Waals surface area contributed by atoms with Gasteiger partial charge in [0.05, 0.1) is 13.2 Å². The van der Waals surface area contributed by atoms with Gasteiger partial charge >= 0.3 is 5.97 Å². The first-order valence-corrected chi connectivity index (χ1v) is 5.99. The third-order valence-corrected chi connectivity index (χ3v) is 3.22. The summed E-state index contributed by atoms with van der Waals surface area (Å²) in [5.41, 5.74) is 0.114. The van der Waals surface area contributed by atoms with Crippen LogP contribution in [0, 0.1) is 5.82 Å². The Labute approximate surface area is 114 Å². The van der Waals surface area contributed by atoms with E-state index in [0.717, 1.165) is 11.0 Å². The van der Waals surface area contributed by atoms with Crippen LogP contribution in [0.3, 0.4) is 0 Å². The number of benzene rings is 1. The van der Waals surface area contributed by atoms with E-state index in [9.17, 15) is 19.1 Å². The second-order valence-electron chi connectivity index (χ2n) is 4.55. The van der Waals surface area contributed by atoms with Gasteiger partial charge in [0.15, 0.2) is 11.6 Å². The Morgan fingerprint density at radius 3 is 2.75 bits per heavy atom. The number of aliphatic hydroxyl groups is 1. The van der Waals surface area contributed by atoms with Crippen molar-refractivity contribution in [2.75, 3.05) is 13.7 Å². The number of aliphatic carboxylic acids is 1. The Hall–Kier alpha value is -2.15. The zero-order valence-electron chi connectivity index (χ0n) is 10.7. The SMILES string of the molecule is COc1cc(C(=O)N2CC(O)CC2C(=O)O)ccc1F. The Balaban J connectivity index is 2.28. The number of aliphatic hydroxyl groups excluding tert-OH is 1. The Kier molecular flexibility index (Phi) is 3.89. The number of halogens is 1. The van der Waals surface area contributed by atoms with E-state index in [1.807, 2.05) is 0 Å². The zero-order valence-corrected chi connectivity index (χ0v) is 10.7. The fourth-order valence-corrected chi connectivity index (χ4v) is 2.23. The van der Waals surface area contributed by atoms with Crippen molar-refractivity contribution >= 4 is 11.9 Å². The Bertz CT molecular complexity index is 548. The average Bonchev–Trinajstić information content (AvgIpc) is 2.81. The van der Waals surface area contributed by atoms with Crippen molar-refractivity contribution in [2.45, 2.75) is 18.6 Å². The molecule has 2 unspecified atom stereocenters. The van der Waals surface area contributed by atoms with Crippen molar-refractivity contribution in [3.8, 4) is 5.75 Å². The van der Waals surface area contributed by atoms with Gasteiger partial charge in [0.25, 0.3) is 5.91 Å². The molecule has 1 heterocycles. The third kappa shape index (κ3) is 2.57. The van der Waals surface area contributed by atoms with E-state index in [4.69, 9.17) is 9.84 Å². The summed E-state index contributed by atoms with van der Waals surface area (Å²) < 4.78 is 18.1. The molecule has 2 atom stereocenters. The van der Waals surface area contributed by atoms with E-state index in [2.05, 4.69) is 0 Å². The first-order valence-electron chi connectivity index (χ1n) is 5.99. The zero-order chi connectivity index (χ0) is 14.9. The maximum absolute atomic E-state index is 13.3. The van der Waals surface area contributed by atoms with Gasteiger partial charge in [-0.15, -0.1) is 0 Å². The second kappa shape index (κ2) is 5.46. The lowest BCUT2D eigenvalue weighted by Gasteiger charge is -2.21. The third-order valence-electron chi connectivity index (χ3n) is 3.22. The fourth-order valence-electron chi connectivity index (χ4n) is 2.23. The number of amides is 1. The van der Waals surface area contributed by atoms with Crippen LogP contribution >= 0.6 is 0 Å². The van der Waals surface area contributed by atoms with Crippen LogP contribution in [0.1, 0.15) is 16.8 Å². The number of carbonyl (C=O) groups is 2. The molecule has 1 aromatic carbocycles. The first-order chi connectivity index (χ1) is 9.43. The summed E-state index contributed by atoms with van der Waals surface area (Å²) in [6.45, 7) is -0.0600. The molecule has 1 fully saturated rings. The van der Waals surface area contributed by atoms with E-state index in [1.165, 1.54) is 19.2 Å². The first kappa shape index (κ1) is 14.3. The number of carboxylic acid groups (broad SMARTS) is 1. The number of likely N-dealkylation sites (tertiary alicyclic amines) is 1. The van der Waals surface area contributed by atoms with Gasteiger partial charge in [-0.1, -0.05) is 0 Å². The predicted molar refractivity (Wildman–Crippen MR) is 66.0 cm³/mol. The van der Waals surface area contributed by atoms with Crippen molar-refractivity contribution in [2.24, 2.45) is 0 Å². The molecule has 0 aromatic heterocycles. The molecule has 0 saturated carbocycles. The minimum atomic E-state index is -1.18. The molecule has 0 spiro atoms. The number of hydrogen-bond acceptors (Lipinski definition) is 4. The van der Waals surface area contributed by atoms with E-state index >= 15 is 0 Å².